The fourth-order valence-electron chi connectivity index (χ4n) is 2.05. The number of nitrogens with zero attached hydrogens (tertiary/aromatic N) is 3. The van der Waals surface area contributed by atoms with Crippen LogP contribution in [0.25, 0.3) is 0 Å². The molecule has 0 bridgehead atoms. The van der Waals surface area contributed by atoms with Gasteiger partial charge in [0.2, 0.25) is 5.69 Å². The first kappa shape index (κ1) is 16.3. The van der Waals surface area contributed by atoms with Gasteiger partial charge in [-0.1, -0.05) is 35.9 Å². The van der Waals surface area contributed by atoms with Crippen LogP contribution in [-0.4, -0.2) is 27.2 Å². The van der Waals surface area contributed by atoms with E-state index < -0.39 is 17.3 Å². The Bertz CT molecular complexity index is 989. The SMILES string of the molecule is Cc1ccc(C=Nn2[nH]nc(C(=O)Nc3cccc(F)c3)c2=O)cc1. The van der Waals surface area contributed by atoms with Crippen LogP contribution in [-0.2, 0) is 0 Å². The first-order valence-corrected chi connectivity index (χ1v) is 7.38. The molecular weight excluding hydrogens is 325 g/mol. The third-order valence-electron chi connectivity index (χ3n) is 3.35. The number of anilines is 1. The number of H-pyrrole nitrogens is 1. The normalized spacial score (nSPS) is 11.0. The van der Waals surface area contributed by atoms with Gasteiger partial charge in [-0.3, -0.25) is 9.59 Å². The molecule has 0 aliphatic heterocycles. The summed E-state index contributed by atoms with van der Waals surface area (Å²) in [6.45, 7) is 1.96. The van der Waals surface area contributed by atoms with Crippen LogP contribution in [0.3, 0.4) is 0 Å². The summed E-state index contributed by atoms with van der Waals surface area (Å²) in [6.07, 6.45) is 1.47. The molecule has 25 heavy (non-hydrogen) atoms. The number of aryl methyl sites for hydroxylation is 1. The van der Waals surface area contributed by atoms with Gasteiger partial charge < -0.3 is 5.32 Å². The Morgan fingerprint density at radius 3 is 2.76 bits per heavy atom. The molecule has 0 saturated carbocycles. The Morgan fingerprint density at radius 2 is 2.04 bits per heavy atom. The second-order valence-electron chi connectivity index (χ2n) is 5.30. The monoisotopic (exact) mass is 339 g/mol. The van der Waals surface area contributed by atoms with Gasteiger partial charge >= 0.3 is 5.56 Å². The van der Waals surface area contributed by atoms with E-state index in [0.29, 0.717) is 0 Å². The van der Waals surface area contributed by atoms with E-state index in [4.69, 9.17) is 0 Å². The van der Waals surface area contributed by atoms with Gasteiger partial charge in [-0.05, 0) is 30.7 Å². The van der Waals surface area contributed by atoms with Gasteiger partial charge in [0.25, 0.3) is 5.91 Å². The Labute approximate surface area is 141 Å². The molecule has 1 aromatic heterocycles. The lowest BCUT2D eigenvalue weighted by molar-refractivity contribution is 0.102. The fourth-order valence-corrected chi connectivity index (χ4v) is 2.05. The summed E-state index contributed by atoms with van der Waals surface area (Å²) >= 11 is 0. The molecule has 0 spiro atoms. The summed E-state index contributed by atoms with van der Waals surface area (Å²) in [6, 6.07) is 12.8. The molecule has 8 heteroatoms. The highest BCUT2D eigenvalue weighted by molar-refractivity contribution is 6.02. The minimum Gasteiger partial charge on any atom is -0.320 e. The van der Waals surface area contributed by atoms with Crippen molar-refractivity contribution in [1.82, 2.24) is 15.1 Å². The summed E-state index contributed by atoms with van der Waals surface area (Å²) in [5, 5.41) is 12.4. The molecule has 0 radical (unpaired) electrons. The number of carbonyl (C=O) groups excluding carboxylic acids is 1. The zero-order valence-corrected chi connectivity index (χ0v) is 13.2. The van der Waals surface area contributed by atoms with Gasteiger partial charge in [0, 0.05) is 5.69 Å². The average molecular weight is 339 g/mol. The van der Waals surface area contributed by atoms with Crippen LogP contribution in [0.5, 0.6) is 0 Å². The van der Waals surface area contributed by atoms with Gasteiger partial charge in [-0.2, -0.15) is 10.3 Å². The molecule has 2 aromatic carbocycles. The van der Waals surface area contributed by atoms with E-state index in [-0.39, 0.29) is 11.4 Å². The van der Waals surface area contributed by atoms with Crippen LogP contribution in [0, 0.1) is 12.7 Å². The maximum absolute atomic E-state index is 13.1. The van der Waals surface area contributed by atoms with Crippen molar-refractivity contribution in [2.75, 3.05) is 5.32 Å². The summed E-state index contributed by atoms with van der Waals surface area (Å²) in [4.78, 5) is 25.1. The van der Waals surface area contributed by atoms with E-state index in [1.165, 1.54) is 24.4 Å². The lowest BCUT2D eigenvalue weighted by Crippen LogP contribution is -2.23. The number of carbonyl (C=O) groups is 1. The number of rotatable bonds is 4. The summed E-state index contributed by atoms with van der Waals surface area (Å²) in [5.41, 5.74) is 1.04. The molecule has 0 atom stereocenters. The van der Waals surface area contributed by atoms with Crippen LogP contribution in [0.15, 0.2) is 58.4 Å². The van der Waals surface area contributed by atoms with E-state index in [2.05, 4.69) is 20.7 Å². The molecule has 0 aliphatic carbocycles. The first-order chi connectivity index (χ1) is 12.0. The van der Waals surface area contributed by atoms with Crippen LogP contribution < -0.4 is 10.9 Å². The molecule has 0 fully saturated rings. The van der Waals surface area contributed by atoms with Crippen molar-refractivity contribution >= 4 is 17.8 Å². The molecule has 3 aromatic rings. The molecule has 0 aliphatic rings. The molecule has 1 amide bonds. The van der Waals surface area contributed by atoms with Crippen molar-refractivity contribution in [2.24, 2.45) is 5.10 Å². The van der Waals surface area contributed by atoms with E-state index >= 15 is 0 Å². The highest BCUT2D eigenvalue weighted by Gasteiger charge is 2.16. The highest BCUT2D eigenvalue weighted by atomic mass is 19.1. The maximum atomic E-state index is 13.1. The van der Waals surface area contributed by atoms with Crippen molar-refractivity contribution in [2.45, 2.75) is 6.92 Å². The number of aromatic nitrogens is 3. The predicted octanol–water partition coefficient (Wildman–Crippen LogP) is 2.15. The lowest BCUT2D eigenvalue weighted by atomic mass is 10.2. The van der Waals surface area contributed by atoms with Gasteiger partial charge in [0.05, 0.1) is 6.21 Å². The van der Waals surface area contributed by atoms with Crippen LogP contribution in [0.4, 0.5) is 10.1 Å². The van der Waals surface area contributed by atoms with Crippen LogP contribution >= 0.6 is 0 Å². The van der Waals surface area contributed by atoms with E-state index in [1.54, 1.807) is 0 Å². The van der Waals surface area contributed by atoms with E-state index in [0.717, 1.165) is 22.0 Å². The van der Waals surface area contributed by atoms with Gasteiger partial charge in [-0.25, -0.2) is 4.39 Å². The number of aromatic amines is 1. The van der Waals surface area contributed by atoms with E-state index in [1.807, 2.05) is 31.2 Å². The van der Waals surface area contributed by atoms with Crippen molar-refractivity contribution < 1.29 is 9.18 Å². The lowest BCUT2D eigenvalue weighted by Gasteiger charge is -2.01. The average Bonchev–Trinajstić information content (AvgIpc) is 2.95. The molecule has 2 N–H and O–H groups in total. The number of hydrogen-bond donors (Lipinski definition) is 2. The Balaban J connectivity index is 1.77. The minimum atomic E-state index is -0.754. The van der Waals surface area contributed by atoms with Crippen molar-refractivity contribution in [3.8, 4) is 0 Å². The van der Waals surface area contributed by atoms with Gasteiger partial charge in [0.1, 0.15) is 5.82 Å². The number of nitrogens with one attached hydrogen (secondary N) is 2. The third-order valence-corrected chi connectivity index (χ3v) is 3.35. The molecule has 0 unspecified atom stereocenters. The Morgan fingerprint density at radius 1 is 1.28 bits per heavy atom. The summed E-state index contributed by atoms with van der Waals surface area (Å²) < 4.78 is 13.1. The van der Waals surface area contributed by atoms with E-state index in [9.17, 15) is 14.0 Å². The number of benzene rings is 2. The maximum Gasteiger partial charge on any atom is 0.320 e. The molecule has 7 nitrogen and oxygen atoms in total. The number of hydrogen-bond acceptors (Lipinski definition) is 4. The number of halogens is 1. The fraction of sp³-hybridized carbons (Fsp3) is 0.0588. The minimum absolute atomic E-state index is 0.224. The van der Waals surface area contributed by atoms with Crippen molar-refractivity contribution in [3.05, 3.63) is 81.5 Å². The third kappa shape index (κ3) is 3.86. The highest BCUT2D eigenvalue weighted by Crippen LogP contribution is 2.09. The molecule has 1 heterocycles. The number of amides is 1. The summed E-state index contributed by atoms with van der Waals surface area (Å²) in [5.74, 6) is -1.25. The van der Waals surface area contributed by atoms with Crippen LogP contribution in [0.2, 0.25) is 0 Å². The second kappa shape index (κ2) is 6.91. The molecular formula is C17H14FN5O2. The molecule has 3 rings (SSSR count). The Kier molecular flexibility index (Phi) is 4.51. The van der Waals surface area contributed by atoms with Crippen molar-refractivity contribution in [3.63, 3.8) is 0 Å². The first-order valence-electron chi connectivity index (χ1n) is 7.38. The standard InChI is InChI=1S/C17H14FN5O2/c1-11-5-7-12(8-6-11)10-19-23-17(25)15(21-22-23)16(24)20-14-4-2-3-13(18)9-14/h2-10,22H,1H3,(H,20,24). The topological polar surface area (TPSA) is 92.1 Å². The molecule has 0 saturated heterocycles. The smallest absolute Gasteiger partial charge is 0.320 e. The quantitative estimate of drug-likeness (QED) is 0.714. The predicted molar refractivity (Wildman–Crippen MR) is 91.4 cm³/mol. The largest absolute Gasteiger partial charge is 0.320 e. The zero-order valence-electron chi connectivity index (χ0n) is 13.2. The van der Waals surface area contributed by atoms with Crippen molar-refractivity contribution in [1.29, 1.82) is 0 Å². The van der Waals surface area contributed by atoms with Crippen LogP contribution in [0.1, 0.15) is 21.6 Å². The van der Waals surface area contributed by atoms with Gasteiger partial charge in [0.15, 0.2) is 0 Å². The zero-order chi connectivity index (χ0) is 17.8. The molecule has 126 valence electrons. The second-order valence-corrected chi connectivity index (χ2v) is 5.30. The summed E-state index contributed by atoms with van der Waals surface area (Å²) in [7, 11) is 0. The van der Waals surface area contributed by atoms with Gasteiger partial charge in [-0.15, -0.1) is 9.89 Å². The Hall–Kier alpha value is -3.55.